The molecule has 0 unspecified atom stereocenters. The number of halogens is 1. The van der Waals surface area contributed by atoms with E-state index in [-0.39, 0.29) is 5.56 Å². The fourth-order valence-electron chi connectivity index (χ4n) is 2.44. The summed E-state index contributed by atoms with van der Waals surface area (Å²) in [7, 11) is -3.91. The molecule has 2 rings (SSSR count). The third-order valence-corrected chi connectivity index (χ3v) is 5.54. The Morgan fingerprint density at radius 2 is 1.67 bits per heavy atom. The normalized spacial score (nSPS) is 18.0. The Balaban J connectivity index is 2.31. The van der Waals surface area contributed by atoms with Crippen LogP contribution in [0.25, 0.3) is 0 Å². The molecule has 1 aromatic rings. The topological polar surface area (TPSA) is 74.7 Å². The van der Waals surface area contributed by atoms with Crippen LogP contribution in [-0.2, 0) is 10.0 Å². The molecular formula is C14H18FNO4S. The Labute approximate surface area is 123 Å². The van der Waals surface area contributed by atoms with Gasteiger partial charge in [-0.05, 0) is 31.0 Å². The third kappa shape index (κ3) is 3.59. The van der Waals surface area contributed by atoms with Crippen LogP contribution in [0.1, 0.15) is 42.5 Å². The molecule has 0 spiro atoms. The van der Waals surface area contributed by atoms with Gasteiger partial charge in [0.2, 0.25) is 10.0 Å². The number of hydrogen-bond acceptors (Lipinski definition) is 3. The minimum atomic E-state index is -3.91. The zero-order valence-corrected chi connectivity index (χ0v) is 12.4. The van der Waals surface area contributed by atoms with Gasteiger partial charge in [-0.2, -0.15) is 4.31 Å². The second kappa shape index (κ2) is 6.53. The van der Waals surface area contributed by atoms with Crippen LogP contribution in [0.4, 0.5) is 4.39 Å². The Morgan fingerprint density at radius 1 is 1.10 bits per heavy atom. The second-order valence-electron chi connectivity index (χ2n) is 5.12. The van der Waals surface area contributed by atoms with E-state index in [2.05, 4.69) is 0 Å². The van der Waals surface area contributed by atoms with Crippen LogP contribution >= 0.6 is 0 Å². The van der Waals surface area contributed by atoms with Crippen molar-refractivity contribution in [3.05, 3.63) is 29.6 Å². The molecular weight excluding hydrogens is 297 g/mol. The Bertz CT molecular complexity index is 622. The fourth-order valence-corrected chi connectivity index (χ4v) is 4.00. The van der Waals surface area contributed by atoms with E-state index >= 15 is 0 Å². The maximum atomic E-state index is 14.0. The molecule has 1 heterocycles. The van der Waals surface area contributed by atoms with Gasteiger partial charge in [0.15, 0.2) is 0 Å². The lowest BCUT2D eigenvalue weighted by Gasteiger charge is -2.24. The Morgan fingerprint density at radius 3 is 2.19 bits per heavy atom. The first-order valence-electron chi connectivity index (χ1n) is 6.96. The van der Waals surface area contributed by atoms with Crippen molar-refractivity contribution in [3.63, 3.8) is 0 Å². The predicted molar refractivity (Wildman–Crippen MR) is 75.2 cm³/mol. The number of carbonyl (C=O) groups is 1. The molecule has 5 nitrogen and oxygen atoms in total. The third-order valence-electron chi connectivity index (χ3n) is 3.61. The van der Waals surface area contributed by atoms with Gasteiger partial charge in [-0.25, -0.2) is 17.6 Å². The molecule has 7 heteroatoms. The minimum absolute atomic E-state index is 0.265. The SMILES string of the molecule is O=C(O)c1ccc(S(=O)(=O)N2CCCCCCC2)c(F)c1. The van der Waals surface area contributed by atoms with Crippen molar-refractivity contribution in [1.82, 2.24) is 4.31 Å². The van der Waals surface area contributed by atoms with E-state index in [0.717, 1.165) is 50.3 Å². The quantitative estimate of drug-likeness (QED) is 0.930. The maximum Gasteiger partial charge on any atom is 0.335 e. The summed E-state index contributed by atoms with van der Waals surface area (Å²) >= 11 is 0. The van der Waals surface area contributed by atoms with E-state index in [1.165, 1.54) is 4.31 Å². The number of rotatable bonds is 3. The Hall–Kier alpha value is -1.47. The zero-order chi connectivity index (χ0) is 15.5. The zero-order valence-electron chi connectivity index (χ0n) is 11.6. The first-order valence-corrected chi connectivity index (χ1v) is 8.40. The number of aromatic carboxylic acids is 1. The summed E-state index contributed by atoms with van der Waals surface area (Å²) in [5, 5.41) is 8.79. The standard InChI is InChI=1S/C14H18FNO4S/c15-12-10-11(14(17)18)6-7-13(12)21(19,20)16-8-4-2-1-3-5-9-16/h6-7,10H,1-5,8-9H2,(H,17,18). The van der Waals surface area contributed by atoms with Crippen LogP contribution in [0.15, 0.2) is 23.1 Å². The molecule has 0 amide bonds. The van der Waals surface area contributed by atoms with Gasteiger partial charge in [0.05, 0.1) is 5.56 Å². The van der Waals surface area contributed by atoms with E-state index in [1.54, 1.807) is 0 Å². The minimum Gasteiger partial charge on any atom is -0.478 e. The van der Waals surface area contributed by atoms with Gasteiger partial charge < -0.3 is 5.11 Å². The number of carboxylic acids is 1. The number of hydrogen-bond donors (Lipinski definition) is 1. The van der Waals surface area contributed by atoms with E-state index in [9.17, 15) is 17.6 Å². The van der Waals surface area contributed by atoms with Crippen LogP contribution < -0.4 is 0 Å². The van der Waals surface area contributed by atoms with Gasteiger partial charge in [-0.1, -0.05) is 19.3 Å². The van der Waals surface area contributed by atoms with Crippen molar-refractivity contribution < 1.29 is 22.7 Å². The van der Waals surface area contributed by atoms with Gasteiger partial charge in [0, 0.05) is 13.1 Å². The van der Waals surface area contributed by atoms with Crippen molar-refractivity contribution in [3.8, 4) is 0 Å². The average molecular weight is 315 g/mol. The molecule has 0 atom stereocenters. The number of carboxylic acid groups (broad SMARTS) is 1. The summed E-state index contributed by atoms with van der Waals surface area (Å²) in [6, 6.07) is 2.90. The summed E-state index contributed by atoms with van der Waals surface area (Å²) in [5.74, 6) is -2.30. The molecule has 1 fully saturated rings. The molecule has 0 aromatic heterocycles. The fraction of sp³-hybridized carbons (Fsp3) is 0.500. The van der Waals surface area contributed by atoms with Crippen molar-refractivity contribution in [2.75, 3.05) is 13.1 Å². The van der Waals surface area contributed by atoms with Crippen molar-refractivity contribution in [1.29, 1.82) is 0 Å². The van der Waals surface area contributed by atoms with Crippen LogP contribution in [0.5, 0.6) is 0 Å². The highest BCUT2D eigenvalue weighted by atomic mass is 32.2. The number of nitrogens with zero attached hydrogens (tertiary/aromatic N) is 1. The van der Waals surface area contributed by atoms with Crippen molar-refractivity contribution in [2.45, 2.75) is 37.0 Å². The first-order chi connectivity index (χ1) is 9.93. The molecule has 116 valence electrons. The number of benzene rings is 1. The first kappa shape index (κ1) is 15.9. The lowest BCUT2D eigenvalue weighted by molar-refractivity contribution is 0.0696. The highest BCUT2D eigenvalue weighted by molar-refractivity contribution is 7.89. The highest BCUT2D eigenvalue weighted by Gasteiger charge is 2.28. The van der Waals surface area contributed by atoms with Crippen LogP contribution in [0, 0.1) is 5.82 Å². The van der Waals surface area contributed by atoms with Gasteiger partial charge in [-0.3, -0.25) is 0 Å². The molecule has 1 aliphatic heterocycles. The average Bonchev–Trinajstić information content (AvgIpc) is 2.37. The summed E-state index contributed by atoms with van der Waals surface area (Å²) in [6.45, 7) is 0.755. The van der Waals surface area contributed by atoms with Crippen LogP contribution in [0.2, 0.25) is 0 Å². The second-order valence-corrected chi connectivity index (χ2v) is 7.03. The maximum absolute atomic E-state index is 14.0. The summed E-state index contributed by atoms with van der Waals surface area (Å²) < 4.78 is 40.3. The molecule has 0 bridgehead atoms. The van der Waals surface area contributed by atoms with Crippen LogP contribution in [0.3, 0.4) is 0 Å². The van der Waals surface area contributed by atoms with E-state index < -0.39 is 26.7 Å². The molecule has 0 aliphatic carbocycles. The molecule has 1 saturated heterocycles. The lowest BCUT2D eigenvalue weighted by Crippen LogP contribution is -2.34. The Kier molecular flexibility index (Phi) is 4.95. The van der Waals surface area contributed by atoms with Crippen molar-refractivity contribution in [2.24, 2.45) is 0 Å². The number of sulfonamides is 1. The van der Waals surface area contributed by atoms with Gasteiger partial charge >= 0.3 is 5.97 Å². The largest absolute Gasteiger partial charge is 0.478 e. The summed E-state index contributed by atoms with van der Waals surface area (Å²) in [6.07, 6.45) is 4.54. The molecule has 1 aromatic carbocycles. The van der Waals surface area contributed by atoms with E-state index in [0.29, 0.717) is 13.1 Å². The molecule has 1 N–H and O–H groups in total. The van der Waals surface area contributed by atoms with E-state index in [4.69, 9.17) is 5.11 Å². The molecule has 1 aliphatic rings. The predicted octanol–water partition coefficient (Wildman–Crippen LogP) is 2.48. The summed E-state index contributed by atoms with van der Waals surface area (Å²) in [5.41, 5.74) is -0.265. The lowest BCUT2D eigenvalue weighted by atomic mass is 10.1. The van der Waals surface area contributed by atoms with Crippen molar-refractivity contribution >= 4 is 16.0 Å². The molecule has 0 radical (unpaired) electrons. The van der Waals surface area contributed by atoms with Gasteiger partial charge in [0.1, 0.15) is 10.7 Å². The van der Waals surface area contributed by atoms with Crippen LogP contribution in [-0.4, -0.2) is 36.9 Å². The van der Waals surface area contributed by atoms with E-state index in [1.807, 2.05) is 0 Å². The molecule has 0 saturated carbocycles. The molecule has 21 heavy (non-hydrogen) atoms. The van der Waals surface area contributed by atoms with Gasteiger partial charge in [-0.15, -0.1) is 0 Å². The van der Waals surface area contributed by atoms with Gasteiger partial charge in [0.25, 0.3) is 0 Å². The summed E-state index contributed by atoms with van der Waals surface area (Å²) in [4.78, 5) is 10.3. The smallest absolute Gasteiger partial charge is 0.335 e. The monoisotopic (exact) mass is 315 g/mol. The highest BCUT2D eigenvalue weighted by Crippen LogP contribution is 2.23.